The van der Waals surface area contributed by atoms with Gasteiger partial charge in [0.25, 0.3) is 5.79 Å². The average Bonchev–Trinajstić information content (AvgIpc) is 2.36. The van der Waals surface area contributed by atoms with E-state index in [9.17, 15) is 4.79 Å². The maximum absolute atomic E-state index is 11.4. The molecule has 4 nitrogen and oxygen atoms in total. The third-order valence-electron chi connectivity index (χ3n) is 2.99. The molecular formula is C12H21IO4. The van der Waals surface area contributed by atoms with Crippen LogP contribution in [-0.4, -0.2) is 36.5 Å². The lowest BCUT2D eigenvalue weighted by Gasteiger charge is -2.35. The van der Waals surface area contributed by atoms with Crippen LogP contribution in [0.15, 0.2) is 0 Å². The normalized spacial score (nSPS) is 29.0. The summed E-state index contributed by atoms with van der Waals surface area (Å²) in [5.41, 5.74) is 0. The molecule has 0 aromatic heterocycles. The van der Waals surface area contributed by atoms with Gasteiger partial charge in [0.2, 0.25) is 0 Å². The molecule has 0 bridgehead atoms. The number of halogens is 1. The largest absolute Gasteiger partial charge is 0.465 e. The van der Waals surface area contributed by atoms with Gasteiger partial charge < -0.3 is 14.2 Å². The number of hydrogen-bond donors (Lipinski definition) is 0. The predicted molar refractivity (Wildman–Crippen MR) is 73.2 cm³/mol. The summed E-state index contributed by atoms with van der Waals surface area (Å²) >= 11 is 2.40. The zero-order valence-corrected chi connectivity index (χ0v) is 12.7. The molecule has 1 saturated heterocycles. The molecule has 0 radical (unpaired) electrons. The first-order chi connectivity index (χ1) is 8.12. The van der Waals surface area contributed by atoms with Gasteiger partial charge in [0.15, 0.2) is 0 Å². The molecule has 0 aromatic rings. The van der Waals surface area contributed by atoms with Crippen LogP contribution in [0, 0.1) is 5.92 Å². The fraction of sp³-hybridized carbons (Fsp3) is 0.917. The van der Waals surface area contributed by atoms with Crippen molar-refractivity contribution in [2.75, 3.05) is 24.8 Å². The van der Waals surface area contributed by atoms with Crippen molar-refractivity contribution in [1.82, 2.24) is 0 Å². The summed E-state index contributed by atoms with van der Waals surface area (Å²) in [6, 6.07) is 0. The standard InChI is InChI=1S/C12H21IO4/c1-12(11(14)15-2)16-8-10(9-17-12)6-4-3-5-7-13/h10H,3-9H2,1-2H3/t10-,12+. The van der Waals surface area contributed by atoms with E-state index in [1.165, 1.54) is 30.8 Å². The second-order valence-electron chi connectivity index (χ2n) is 4.46. The van der Waals surface area contributed by atoms with Crippen molar-refractivity contribution in [1.29, 1.82) is 0 Å². The van der Waals surface area contributed by atoms with Crippen LogP contribution in [0.5, 0.6) is 0 Å². The second-order valence-corrected chi connectivity index (χ2v) is 5.54. The Hall–Kier alpha value is 0.120. The van der Waals surface area contributed by atoms with Gasteiger partial charge in [-0.1, -0.05) is 35.4 Å². The Labute approximate surface area is 117 Å². The van der Waals surface area contributed by atoms with E-state index in [0.717, 1.165) is 6.42 Å². The number of alkyl halides is 1. The number of ether oxygens (including phenoxy) is 3. The number of hydrogen-bond acceptors (Lipinski definition) is 4. The number of esters is 1. The molecule has 1 aliphatic heterocycles. The van der Waals surface area contributed by atoms with Gasteiger partial charge in [-0.25, -0.2) is 4.79 Å². The summed E-state index contributed by atoms with van der Waals surface area (Å²) in [6.45, 7) is 2.77. The SMILES string of the molecule is COC(=O)[C@]1(C)OC[C@H](CCCCCI)CO1. The van der Waals surface area contributed by atoms with Gasteiger partial charge in [-0.05, 0) is 17.3 Å². The topological polar surface area (TPSA) is 44.8 Å². The third-order valence-corrected chi connectivity index (χ3v) is 3.75. The molecule has 5 heteroatoms. The summed E-state index contributed by atoms with van der Waals surface area (Å²) in [4.78, 5) is 11.4. The predicted octanol–water partition coefficient (Wildman–Crippen LogP) is 2.53. The maximum atomic E-state index is 11.4. The second kappa shape index (κ2) is 7.53. The van der Waals surface area contributed by atoms with E-state index in [-0.39, 0.29) is 0 Å². The molecule has 0 spiro atoms. The quantitative estimate of drug-likeness (QED) is 0.318. The maximum Gasteiger partial charge on any atom is 0.366 e. The van der Waals surface area contributed by atoms with Crippen molar-refractivity contribution in [3.05, 3.63) is 0 Å². The summed E-state index contributed by atoms with van der Waals surface area (Å²) in [5, 5.41) is 0. The van der Waals surface area contributed by atoms with Crippen LogP contribution in [-0.2, 0) is 19.0 Å². The number of methoxy groups -OCH3 is 1. The van der Waals surface area contributed by atoms with Gasteiger partial charge >= 0.3 is 5.97 Å². The zero-order valence-electron chi connectivity index (χ0n) is 10.5. The van der Waals surface area contributed by atoms with Crippen LogP contribution < -0.4 is 0 Å². The molecule has 0 aliphatic carbocycles. The third kappa shape index (κ3) is 4.71. The molecule has 1 fully saturated rings. The van der Waals surface area contributed by atoms with Gasteiger partial charge in [0, 0.05) is 12.8 Å². The zero-order chi connectivity index (χ0) is 12.7. The van der Waals surface area contributed by atoms with E-state index in [1.54, 1.807) is 6.92 Å². The summed E-state index contributed by atoms with van der Waals surface area (Å²) in [5.74, 6) is -1.25. The van der Waals surface area contributed by atoms with E-state index in [1.807, 2.05) is 0 Å². The molecule has 1 heterocycles. The lowest BCUT2D eigenvalue weighted by Crippen LogP contribution is -2.48. The van der Waals surface area contributed by atoms with Gasteiger partial charge in [-0.15, -0.1) is 0 Å². The number of rotatable bonds is 6. The number of carbonyl (C=O) groups is 1. The minimum absolute atomic E-state index is 0.405. The molecule has 100 valence electrons. The van der Waals surface area contributed by atoms with Crippen LogP contribution >= 0.6 is 22.6 Å². The van der Waals surface area contributed by atoms with E-state index < -0.39 is 11.8 Å². The van der Waals surface area contributed by atoms with Gasteiger partial charge in [-0.3, -0.25) is 0 Å². The van der Waals surface area contributed by atoms with Crippen LogP contribution in [0.1, 0.15) is 32.6 Å². The van der Waals surface area contributed by atoms with Crippen molar-refractivity contribution < 1.29 is 19.0 Å². The van der Waals surface area contributed by atoms with E-state index in [0.29, 0.717) is 19.1 Å². The van der Waals surface area contributed by atoms with Crippen molar-refractivity contribution in [3.63, 3.8) is 0 Å². The van der Waals surface area contributed by atoms with E-state index in [4.69, 9.17) is 9.47 Å². The number of unbranched alkanes of at least 4 members (excludes halogenated alkanes) is 2. The van der Waals surface area contributed by atoms with E-state index >= 15 is 0 Å². The Balaban J connectivity index is 2.23. The van der Waals surface area contributed by atoms with Crippen molar-refractivity contribution in [2.45, 2.75) is 38.4 Å². The molecule has 0 aromatic carbocycles. The van der Waals surface area contributed by atoms with E-state index in [2.05, 4.69) is 27.3 Å². The first-order valence-electron chi connectivity index (χ1n) is 6.04. The van der Waals surface area contributed by atoms with Crippen LogP contribution in [0.25, 0.3) is 0 Å². The lowest BCUT2D eigenvalue weighted by molar-refractivity contribution is -0.272. The summed E-state index contributed by atoms with van der Waals surface area (Å²) < 4.78 is 16.8. The van der Waals surface area contributed by atoms with Gasteiger partial charge in [0.1, 0.15) is 0 Å². The Kier molecular flexibility index (Phi) is 6.72. The fourth-order valence-corrected chi connectivity index (χ4v) is 2.36. The molecular weight excluding hydrogens is 335 g/mol. The molecule has 1 aliphatic rings. The Morgan fingerprint density at radius 2 is 2.00 bits per heavy atom. The highest BCUT2D eigenvalue weighted by molar-refractivity contribution is 14.1. The minimum Gasteiger partial charge on any atom is -0.465 e. The molecule has 0 N–H and O–H groups in total. The average molecular weight is 356 g/mol. The smallest absolute Gasteiger partial charge is 0.366 e. The highest BCUT2D eigenvalue weighted by Crippen LogP contribution is 2.25. The highest BCUT2D eigenvalue weighted by Gasteiger charge is 2.41. The minimum atomic E-state index is -1.20. The Bertz CT molecular complexity index is 237. The van der Waals surface area contributed by atoms with Crippen molar-refractivity contribution >= 4 is 28.6 Å². The van der Waals surface area contributed by atoms with Gasteiger partial charge in [-0.2, -0.15) is 0 Å². The van der Waals surface area contributed by atoms with Crippen molar-refractivity contribution in [2.24, 2.45) is 5.92 Å². The number of carbonyl (C=O) groups excluding carboxylic acids is 1. The highest BCUT2D eigenvalue weighted by atomic mass is 127. The molecule has 0 unspecified atom stereocenters. The molecule has 0 atom stereocenters. The summed E-state index contributed by atoms with van der Waals surface area (Å²) in [7, 11) is 1.34. The molecule has 17 heavy (non-hydrogen) atoms. The van der Waals surface area contributed by atoms with Crippen molar-refractivity contribution in [3.8, 4) is 0 Å². The molecule has 1 rings (SSSR count). The molecule has 0 saturated carbocycles. The Morgan fingerprint density at radius 3 is 2.53 bits per heavy atom. The Morgan fingerprint density at radius 1 is 1.35 bits per heavy atom. The van der Waals surface area contributed by atoms with Crippen LogP contribution in [0.3, 0.4) is 0 Å². The van der Waals surface area contributed by atoms with Crippen LogP contribution in [0.2, 0.25) is 0 Å². The molecule has 0 amide bonds. The van der Waals surface area contributed by atoms with Crippen LogP contribution in [0.4, 0.5) is 0 Å². The first-order valence-corrected chi connectivity index (χ1v) is 7.57. The lowest BCUT2D eigenvalue weighted by atomic mass is 10.0. The fourth-order valence-electron chi connectivity index (χ4n) is 1.82. The monoisotopic (exact) mass is 356 g/mol. The first kappa shape index (κ1) is 15.2. The van der Waals surface area contributed by atoms with Gasteiger partial charge in [0.05, 0.1) is 20.3 Å². The summed E-state index contributed by atoms with van der Waals surface area (Å²) in [6.07, 6.45) is 4.84.